The highest BCUT2D eigenvalue weighted by molar-refractivity contribution is 7.89. The molecule has 1 heterocycles. The van der Waals surface area contributed by atoms with Crippen LogP contribution in [0.5, 0.6) is 5.75 Å². The van der Waals surface area contributed by atoms with Gasteiger partial charge in [0, 0.05) is 12.6 Å². The molecule has 100 valence electrons. The molecule has 0 bridgehead atoms. The van der Waals surface area contributed by atoms with E-state index in [1.165, 1.54) is 18.2 Å². The molecule has 0 spiro atoms. The van der Waals surface area contributed by atoms with Gasteiger partial charge in [0.25, 0.3) is 0 Å². The largest absolute Gasteiger partial charge is 0.508 e. The summed E-state index contributed by atoms with van der Waals surface area (Å²) in [6, 6.07) is 5.89. The quantitative estimate of drug-likeness (QED) is 0.895. The van der Waals surface area contributed by atoms with Gasteiger partial charge in [-0.25, -0.2) is 8.42 Å². The van der Waals surface area contributed by atoms with Crippen molar-refractivity contribution < 1.29 is 13.5 Å². The Morgan fingerprint density at radius 2 is 2.00 bits per heavy atom. The van der Waals surface area contributed by atoms with Gasteiger partial charge in [-0.1, -0.05) is 13.0 Å². The van der Waals surface area contributed by atoms with Crippen LogP contribution < -0.4 is 0 Å². The first-order valence-electron chi connectivity index (χ1n) is 6.22. The molecule has 0 aliphatic carbocycles. The van der Waals surface area contributed by atoms with Gasteiger partial charge in [0.1, 0.15) is 5.75 Å². The molecule has 18 heavy (non-hydrogen) atoms. The van der Waals surface area contributed by atoms with Crippen LogP contribution in [-0.4, -0.2) is 30.4 Å². The maximum Gasteiger partial charge on any atom is 0.243 e. The summed E-state index contributed by atoms with van der Waals surface area (Å²) in [4.78, 5) is 0.170. The highest BCUT2D eigenvalue weighted by atomic mass is 32.2. The first-order valence-corrected chi connectivity index (χ1v) is 7.66. The van der Waals surface area contributed by atoms with Gasteiger partial charge in [-0.3, -0.25) is 0 Å². The normalized spacial score (nSPS) is 26.1. The van der Waals surface area contributed by atoms with Crippen molar-refractivity contribution >= 4 is 10.0 Å². The Hall–Kier alpha value is -1.07. The summed E-state index contributed by atoms with van der Waals surface area (Å²) in [6.07, 6.45) is 1.95. The Labute approximate surface area is 108 Å². The number of sulfonamides is 1. The number of rotatable bonds is 2. The second-order valence-electron chi connectivity index (χ2n) is 5.10. The molecule has 1 fully saturated rings. The summed E-state index contributed by atoms with van der Waals surface area (Å²) >= 11 is 0. The van der Waals surface area contributed by atoms with Crippen molar-refractivity contribution in [1.29, 1.82) is 0 Å². The monoisotopic (exact) mass is 269 g/mol. The topological polar surface area (TPSA) is 57.6 Å². The van der Waals surface area contributed by atoms with E-state index in [0.717, 1.165) is 12.8 Å². The summed E-state index contributed by atoms with van der Waals surface area (Å²) in [6.45, 7) is 4.56. The molecule has 1 aromatic rings. The Kier molecular flexibility index (Phi) is 3.64. The van der Waals surface area contributed by atoms with Crippen molar-refractivity contribution in [3.8, 4) is 5.75 Å². The van der Waals surface area contributed by atoms with Gasteiger partial charge < -0.3 is 5.11 Å². The van der Waals surface area contributed by atoms with Crippen molar-refractivity contribution in [1.82, 2.24) is 4.31 Å². The van der Waals surface area contributed by atoms with E-state index in [4.69, 9.17) is 0 Å². The Bertz CT molecular complexity index is 527. The van der Waals surface area contributed by atoms with E-state index in [-0.39, 0.29) is 16.7 Å². The second kappa shape index (κ2) is 4.90. The number of hydrogen-bond donors (Lipinski definition) is 1. The van der Waals surface area contributed by atoms with Gasteiger partial charge in [0.05, 0.1) is 4.90 Å². The molecule has 1 aromatic carbocycles. The summed E-state index contributed by atoms with van der Waals surface area (Å²) < 4.78 is 26.6. The van der Waals surface area contributed by atoms with Crippen LogP contribution in [0.3, 0.4) is 0 Å². The van der Waals surface area contributed by atoms with Crippen LogP contribution in [-0.2, 0) is 10.0 Å². The lowest BCUT2D eigenvalue weighted by molar-refractivity contribution is 0.218. The Morgan fingerprint density at radius 3 is 2.67 bits per heavy atom. The molecule has 1 N–H and O–H groups in total. The second-order valence-corrected chi connectivity index (χ2v) is 6.99. The van der Waals surface area contributed by atoms with E-state index in [2.05, 4.69) is 6.92 Å². The van der Waals surface area contributed by atoms with Crippen LogP contribution in [0.15, 0.2) is 29.2 Å². The molecule has 1 saturated heterocycles. The number of hydrogen-bond acceptors (Lipinski definition) is 3. The van der Waals surface area contributed by atoms with Crippen LogP contribution in [0.4, 0.5) is 0 Å². The SMILES string of the molecule is CC1CCC(C)N(S(=O)(=O)c2cccc(O)c2)C1. The number of phenols is 1. The van der Waals surface area contributed by atoms with Crippen LogP contribution in [0.1, 0.15) is 26.7 Å². The lowest BCUT2D eigenvalue weighted by Crippen LogP contribution is -2.44. The van der Waals surface area contributed by atoms with Crippen molar-refractivity contribution in [2.75, 3.05) is 6.54 Å². The zero-order valence-corrected chi connectivity index (χ0v) is 11.5. The summed E-state index contributed by atoms with van der Waals surface area (Å²) in [5, 5.41) is 9.41. The van der Waals surface area contributed by atoms with Crippen LogP contribution in [0, 0.1) is 5.92 Å². The Morgan fingerprint density at radius 1 is 1.28 bits per heavy atom. The fraction of sp³-hybridized carbons (Fsp3) is 0.538. The van der Waals surface area contributed by atoms with Crippen molar-refractivity contribution in [2.45, 2.75) is 37.6 Å². The van der Waals surface area contributed by atoms with Crippen molar-refractivity contribution in [3.05, 3.63) is 24.3 Å². The van der Waals surface area contributed by atoms with Crippen LogP contribution in [0.25, 0.3) is 0 Å². The zero-order valence-electron chi connectivity index (χ0n) is 10.7. The summed E-state index contributed by atoms with van der Waals surface area (Å²) in [5.74, 6) is 0.363. The highest BCUT2D eigenvalue weighted by Crippen LogP contribution is 2.28. The van der Waals surface area contributed by atoms with Crippen molar-refractivity contribution in [3.63, 3.8) is 0 Å². The standard InChI is InChI=1S/C13H19NO3S/c1-10-6-7-11(2)14(9-10)18(16,17)13-5-3-4-12(15)8-13/h3-5,8,10-11,15H,6-7,9H2,1-2H3. The molecule has 0 aromatic heterocycles. The minimum absolute atomic E-state index is 0.0196. The molecule has 1 aliphatic heterocycles. The van der Waals surface area contributed by atoms with E-state index >= 15 is 0 Å². The molecule has 0 radical (unpaired) electrons. The van der Waals surface area contributed by atoms with E-state index in [1.807, 2.05) is 6.92 Å². The average molecular weight is 269 g/mol. The predicted molar refractivity (Wildman–Crippen MR) is 69.9 cm³/mol. The molecular formula is C13H19NO3S. The third kappa shape index (κ3) is 2.52. The van der Waals surface area contributed by atoms with Gasteiger partial charge in [0.15, 0.2) is 0 Å². The van der Waals surface area contributed by atoms with E-state index in [9.17, 15) is 13.5 Å². The highest BCUT2D eigenvalue weighted by Gasteiger charge is 2.33. The average Bonchev–Trinajstić information content (AvgIpc) is 2.32. The van der Waals surface area contributed by atoms with Gasteiger partial charge >= 0.3 is 0 Å². The Balaban J connectivity index is 2.35. The van der Waals surface area contributed by atoms with Crippen LogP contribution >= 0.6 is 0 Å². The first kappa shape index (κ1) is 13.4. The zero-order chi connectivity index (χ0) is 13.3. The number of piperidine rings is 1. The van der Waals surface area contributed by atoms with Crippen molar-refractivity contribution in [2.24, 2.45) is 5.92 Å². The van der Waals surface area contributed by atoms with E-state index in [0.29, 0.717) is 12.5 Å². The fourth-order valence-electron chi connectivity index (χ4n) is 2.36. The van der Waals surface area contributed by atoms with E-state index < -0.39 is 10.0 Å². The third-order valence-corrected chi connectivity index (χ3v) is 5.46. The summed E-state index contributed by atoms with van der Waals surface area (Å²) in [7, 11) is -3.49. The number of nitrogens with zero attached hydrogens (tertiary/aromatic N) is 1. The number of aromatic hydroxyl groups is 1. The van der Waals surface area contributed by atoms with Gasteiger partial charge in [-0.05, 0) is 43.9 Å². The molecule has 2 rings (SSSR count). The van der Waals surface area contributed by atoms with Gasteiger partial charge in [-0.15, -0.1) is 0 Å². The number of benzene rings is 1. The van der Waals surface area contributed by atoms with E-state index in [1.54, 1.807) is 10.4 Å². The third-order valence-electron chi connectivity index (χ3n) is 3.48. The smallest absolute Gasteiger partial charge is 0.243 e. The molecule has 2 unspecified atom stereocenters. The fourth-order valence-corrected chi connectivity index (χ4v) is 4.18. The predicted octanol–water partition coefficient (Wildman–Crippen LogP) is 2.20. The molecule has 5 heteroatoms. The maximum atomic E-state index is 12.5. The molecule has 0 saturated carbocycles. The minimum Gasteiger partial charge on any atom is -0.508 e. The number of phenolic OH excluding ortho intramolecular Hbond substituents is 1. The van der Waals surface area contributed by atoms with Gasteiger partial charge in [0.2, 0.25) is 10.0 Å². The molecule has 2 atom stereocenters. The van der Waals surface area contributed by atoms with Gasteiger partial charge in [-0.2, -0.15) is 4.31 Å². The molecule has 0 amide bonds. The lowest BCUT2D eigenvalue weighted by Gasteiger charge is -2.35. The maximum absolute atomic E-state index is 12.5. The first-order chi connectivity index (χ1) is 8.41. The van der Waals surface area contributed by atoms with Crippen LogP contribution in [0.2, 0.25) is 0 Å². The molecular weight excluding hydrogens is 250 g/mol. The molecule has 1 aliphatic rings. The molecule has 4 nitrogen and oxygen atoms in total. The minimum atomic E-state index is -3.49. The lowest BCUT2D eigenvalue weighted by atomic mass is 9.97. The summed E-state index contributed by atoms with van der Waals surface area (Å²) in [5.41, 5.74) is 0.